The van der Waals surface area contributed by atoms with Gasteiger partial charge in [0.2, 0.25) is 0 Å². The van der Waals surface area contributed by atoms with E-state index in [0.717, 1.165) is 12.1 Å². The van der Waals surface area contributed by atoms with Crippen LogP contribution in [0.4, 0.5) is 4.39 Å². The third-order valence-electron chi connectivity index (χ3n) is 2.43. The molecule has 0 aliphatic carbocycles. The van der Waals surface area contributed by atoms with Gasteiger partial charge in [-0.15, -0.1) is 0 Å². The van der Waals surface area contributed by atoms with Crippen molar-refractivity contribution in [2.24, 2.45) is 0 Å². The second kappa shape index (κ2) is 5.26. The third kappa shape index (κ3) is 3.63. The lowest BCUT2D eigenvalue weighted by molar-refractivity contribution is 0.579. The van der Waals surface area contributed by atoms with Gasteiger partial charge in [0.15, 0.2) is 0 Å². The summed E-state index contributed by atoms with van der Waals surface area (Å²) >= 11 is 0. The molecule has 0 atom stereocenters. The molecule has 1 aromatic carbocycles. The van der Waals surface area contributed by atoms with Crippen molar-refractivity contribution < 1.29 is 4.39 Å². The summed E-state index contributed by atoms with van der Waals surface area (Å²) in [5, 5.41) is 3.35. The third-order valence-corrected chi connectivity index (χ3v) is 2.43. The highest BCUT2D eigenvalue weighted by Crippen LogP contribution is 2.20. The average Bonchev–Trinajstić information content (AvgIpc) is 2.15. The minimum atomic E-state index is -0.146. The maximum absolute atomic E-state index is 13.1. The van der Waals surface area contributed by atoms with E-state index in [9.17, 15) is 4.39 Å². The molecule has 1 N–H and O–H groups in total. The average molecular weight is 209 g/mol. The van der Waals surface area contributed by atoms with Crippen molar-refractivity contribution in [1.29, 1.82) is 0 Å². The van der Waals surface area contributed by atoms with Crippen LogP contribution in [0, 0.1) is 5.82 Å². The molecule has 1 rings (SSSR count). The van der Waals surface area contributed by atoms with E-state index in [2.05, 4.69) is 33.0 Å². The van der Waals surface area contributed by atoms with E-state index < -0.39 is 0 Å². The van der Waals surface area contributed by atoms with Crippen molar-refractivity contribution in [3.8, 4) is 0 Å². The van der Waals surface area contributed by atoms with Gasteiger partial charge in [-0.25, -0.2) is 4.39 Å². The maximum Gasteiger partial charge on any atom is 0.123 e. The first-order chi connectivity index (χ1) is 7.00. The largest absolute Gasteiger partial charge is 0.310 e. The van der Waals surface area contributed by atoms with Crippen LogP contribution in [-0.4, -0.2) is 6.04 Å². The first-order valence-corrected chi connectivity index (χ1v) is 5.52. The van der Waals surface area contributed by atoms with Gasteiger partial charge < -0.3 is 5.32 Å². The molecule has 0 aliphatic rings. The maximum atomic E-state index is 13.1. The Morgan fingerprint density at radius 1 is 1.20 bits per heavy atom. The van der Waals surface area contributed by atoms with Gasteiger partial charge in [0.1, 0.15) is 5.82 Å². The SMILES string of the molecule is CC(C)NCc1ccc(F)cc1C(C)C. The summed E-state index contributed by atoms with van der Waals surface area (Å²) in [6.45, 7) is 9.21. The summed E-state index contributed by atoms with van der Waals surface area (Å²) < 4.78 is 13.1. The molecule has 0 amide bonds. The van der Waals surface area contributed by atoms with E-state index in [-0.39, 0.29) is 5.82 Å². The standard InChI is InChI=1S/C13H20FN/c1-9(2)13-7-12(14)6-5-11(13)8-15-10(3)4/h5-7,9-10,15H,8H2,1-4H3. The molecule has 15 heavy (non-hydrogen) atoms. The Kier molecular flexibility index (Phi) is 4.28. The van der Waals surface area contributed by atoms with Crippen LogP contribution in [0.2, 0.25) is 0 Å². The molecular formula is C13H20FN. The van der Waals surface area contributed by atoms with E-state index in [0.29, 0.717) is 12.0 Å². The minimum absolute atomic E-state index is 0.146. The predicted octanol–water partition coefficient (Wildman–Crippen LogP) is 3.45. The molecular weight excluding hydrogens is 189 g/mol. The number of rotatable bonds is 4. The second-order valence-electron chi connectivity index (χ2n) is 4.53. The Bertz CT molecular complexity index is 318. The van der Waals surface area contributed by atoms with Crippen LogP contribution in [0.1, 0.15) is 44.7 Å². The van der Waals surface area contributed by atoms with Gasteiger partial charge in [-0.3, -0.25) is 0 Å². The number of halogens is 1. The number of hydrogen-bond donors (Lipinski definition) is 1. The quantitative estimate of drug-likeness (QED) is 0.801. The number of benzene rings is 1. The fraction of sp³-hybridized carbons (Fsp3) is 0.538. The molecule has 0 radical (unpaired) electrons. The Balaban J connectivity index is 2.86. The summed E-state index contributed by atoms with van der Waals surface area (Å²) in [5.74, 6) is 0.219. The Morgan fingerprint density at radius 2 is 1.87 bits per heavy atom. The summed E-state index contributed by atoms with van der Waals surface area (Å²) in [7, 11) is 0. The van der Waals surface area contributed by atoms with Crippen LogP contribution in [0.25, 0.3) is 0 Å². The van der Waals surface area contributed by atoms with Crippen LogP contribution in [0.15, 0.2) is 18.2 Å². The summed E-state index contributed by atoms with van der Waals surface area (Å²) in [6, 6.07) is 5.50. The van der Waals surface area contributed by atoms with E-state index in [1.165, 1.54) is 11.6 Å². The molecule has 1 aromatic rings. The van der Waals surface area contributed by atoms with E-state index in [1.807, 2.05) is 6.07 Å². The van der Waals surface area contributed by atoms with Gasteiger partial charge in [0, 0.05) is 12.6 Å². The smallest absolute Gasteiger partial charge is 0.123 e. The molecule has 0 bridgehead atoms. The summed E-state index contributed by atoms with van der Waals surface area (Å²) in [5.41, 5.74) is 2.29. The van der Waals surface area contributed by atoms with Crippen molar-refractivity contribution in [2.75, 3.05) is 0 Å². The van der Waals surface area contributed by atoms with Gasteiger partial charge in [-0.05, 0) is 29.2 Å². The zero-order chi connectivity index (χ0) is 11.4. The number of hydrogen-bond acceptors (Lipinski definition) is 1. The zero-order valence-corrected chi connectivity index (χ0v) is 9.97. The Morgan fingerprint density at radius 3 is 2.40 bits per heavy atom. The van der Waals surface area contributed by atoms with Gasteiger partial charge >= 0.3 is 0 Å². The van der Waals surface area contributed by atoms with Crippen molar-refractivity contribution in [3.63, 3.8) is 0 Å². The highest BCUT2D eigenvalue weighted by Gasteiger charge is 2.07. The van der Waals surface area contributed by atoms with Crippen LogP contribution >= 0.6 is 0 Å². The first-order valence-electron chi connectivity index (χ1n) is 5.52. The van der Waals surface area contributed by atoms with Crippen molar-refractivity contribution in [3.05, 3.63) is 35.1 Å². The fourth-order valence-electron chi connectivity index (χ4n) is 1.58. The normalized spacial score (nSPS) is 11.4. The number of nitrogens with one attached hydrogen (secondary N) is 1. The van der Waals surface area contributed by atoms with Gasteiger partial charge in [-0.2, -0.15) is 0 Å². The summed E-state index contributed by atoms with van der Waals surface area (Å²) in [4.78, 5) is 0. The monoisotopic (exact) mass is 209 g/mol. The molecule has 0 spiro atoms. The van der Waals surface area contributed by atoms with Crippen LogP contribution in [0.3, 0.4) is 0 Å². The molecule has 0 saturated heterocycles. The fourth-order valence-corrected chi connectivity index (χ4v) is 1.58. The molecule has 2 heteroatoms. The van der Waals surface area contributed by atoms with Gasteiger partial charge in [0.05, 0.1) is 0 Å². The topological polar surface area (TPSA) is 12.0 Å². The van der Waals surface area contributed by atoms with Crippen LogP contribution < -0.4 is 5.32 Å². The van der Waals surface area contributed by atoms with E-state index >= 15 is 0 Å². The molecule has 0 aliphatic heterocycles. The van der Waals surface area contributed by atoms with Crippen LogP contribution in [-0.2, 0) is 6.54 Å². The highest BCUT2D eigenvalue weighted by atomic mass is 19.1. The second-order valence-corrected chi connectivity index (χ2v) is 4.53. The van der Waals surface area contributed by atoms with Gasteiger partial charge in [-0.1, -0.05) is 33.8 Å². The zero-order valence-electron chi connectivity index (χ0n) is 9.97. The molecule has 0 fully saturated rings. The van der Waals surface area contributed by atoms with E-state index in [4.69, 9.17) is 0 Å². The molecule has 0 saturated carbocycles. The van der Waals surface area contributed by atoms with Crippen molar-refractivity contribution in [2.45, 2.75) is 46.2 Å². The highest BCUT2D eigenvalue weighted by molar-refractivity contribution is 5.30. The molecule has 0 unspecified atom stereocenters. The van der Waals surface area contributed by atoms with Crippen molar-refractivity contribution in [1.82, 2.24) is 5.32 Å². The Labute approximate surface area is 91.7 Å². The molecule has 0 heterocycles. The van der Waals surface area contributed by atoms with E-state index in [1.54, 1.807) is 6.07 Å². The first kappa shape index (κ1) is 12.2. The molecule has 1 nitrogen and oxygen atoms in total. The van der Waals surface area contributed by atoms with Gasteiger partial charge in [0.25, 0.3) is 0 Å². The molecule has 84 valence electrons. The lowest BCUT2D eigenvalue weighted by Gasteiger charge is -2.15. The summed E-state index contributed by atoms with van der Waals surface area (Å²) in [6.07, 6.45) is 0. The van der Waals surface area contributed by atoms with Crippen LogP contribution in [0.5, 0.6) is 0 Å². The minimum Gasteiger partial charge on any atom is -0.310 e. The predicted molar refractivity (Wildman–Crippen MR) is 62.5 cm³/mol. The Hall–Kier alpha value is -0.890. The lowest BCUT2D eigenvalue weighted by atomic mass is 9.97. The molecule has 0 aromatic heterocycles. The lowest BCUT2D eigenvalue weighted by Crippen LogP contribution is -2.22. The van der Waals surface area contributed by atoms with Crippen molar-refractivity contribution >= 4 is 0 Å².